The molecule has 1 heterocycles. The molecular weight excluding hydrogens is 506 g/mol. The third-order valence-corrected chi connectivity index (χ3v) is 7.72. The number of amides is 2. The lowest BCUT2D eigenvalue weighted by Gasteiger charge is -2.26. The van der Waals surface area contributed by atoms with E-state index in [1.54, 1.807) is 13.0 Å². The number of carbonyl (C=O) groups is 3. The number of carboxylic acid groups (broad SMARTS) is 1. The van der Waals surface area contributed by atoms with Crippen molar-refractivity contribution in [2.24, 2.45) is 0 Å². The molecule has 1 aliphatic heterocycles. The number of nitrogens with one attached hydrogen (secondary N) is 2. The Morgan fingerprint density at radius 1 is 0.975 bits per heavy atom. The number of fused-ring (bicyclic) bond motifs is 3. The Morgan fingerprint density at radius 2 is 1.60 bits per heavy atom. The quantitative estimate of drug-likeness (QED) is 0.350. The number of benzene rings is 3. The molecule has 2 amide bonds. The minimum absolute atomic E-state index is 0.0405. The maximum Gasteiger partial charge on any atom is 0.407 e. The van der Waals surface area contributed by atoms with E-state index in [-0.39, 0.29) is 25.6 Å². The summed E-state index contributed by atoms with van der Waals surface area (Å²) in [5.41, 5.74) is 4.62. The zero-order valence-corrected chi connectivity index (χ0v) is 22.4. The second-order valence-electron chi connectivity index (χ2n) is 10.4. The van der Waals surface area contributed by atoms with Crippen molar-refractivity contribution in [3.63, 3.8) is 0 Å². The number of aliphatic carboxylic acids is 1. The smallest absolute Gasteiger partial charge is 0.407 e. The van der Waals surface area contributed by atoms with Gasteiger partial charge in [0, 0.05) is 37.7 Å². The summed E-state index contributed by atoms with van der Waals surface area (Å²) in [7, 11) is 0. The lowest BCUT2D eigenvalue weighted by molar-refractivity contribution is -0.146. The number of hydrogen-bond acceptors (Lipinski definition) is 5. The third kappa shape index (κ3) is 5.77. The Hall–Kier alpha value is -4.43. The van der Waals surface area contributed by atoms with Gasteiger partial charge in [0.25, 0.3) is 0 Å². The SMILES string of the molecule is C/C(=C\CNC(=O)OCC1c2ccccc2-c2ccccc21)C(=O)NC1(C(=O)O)CCN(Cc2ccccc2)C1. The Labute approximate surface area is 233 Å². The summed E-state index contributed by atoms with van der Waals surface area (Å²) in [4.78, 5) is 39.5. The average Bonchev–Trinajstić information content (AvgIpc) is 3.52. The van der Waals surface area contributed by atoms with Crippen LogP contribution in [0.1, 0.15) is 36.0 Å². The maximum atomic E-state index is 12.9. The molecule has 2 aliphatic rings. The zero-order chi connectivity index (χ0) is 28.1. The monoisotopic (exact) mass is 539 g/mol. The second kappa shape index (κ2) is 11.8. The van der Waals surface area contributed by atoms with Gasteiger partial charge in [-0.2, -0.15) is 0 Å². The Bertz CT molecular complexity index is 1390. The molecule has 0 saturated carbocycles. The first-order valence-corrected chi connectivity index (χ1v) is 13.4. The molecule has 3 N–H and O–H groups in total. The van der Waals surface area contributed by atoms with Crippen molar-refractivity contribution in [1.82, 2.24) is 15.5 Å². The minimum Gasteiger partial charge on any atom is -0.479 e. The van der Waals surface area contributed by atoms with Crippen LogP contribution in [0.4, 0.5) is 4.79 Å². The van der Waals surface area contributed by atoms with Crippen LogP contribution < -0.4 is 10.6 Å². The van der Waals surface area contributed by atoms with Gasteiger partial charge in [-0.3, -0.25) is 9.69 Å². The first kappa shape index (κ1) is 27.1. The number of likely N-dealkylation sites (tertiary alicyclic amines) is 1. The van der Waals surface area contributed by atoms with Crippen LogP contribution in [0.25, 0.3) is 11.1 Å². The summed E-state index contributed by atoms with van der Waals surface area (Å²) in [6.45, 7) is 3.27. The maximum absolute atomic E-state index is 12.9. The van der Waals surface area contributed by atoms with E-state index in [0.717, 1.165) is 27.8 Å². The van der Waals surface area contributed by atoms with Crippen molar-refractivity contribution < 1.29 is 24.2 Å². The number of rotatable bonds is 9. The molecule has 0 aromatic heterocycles. The molecule has 0 spiro atoms. The molecular formula is C32H33N3O5. The van der Waals surface area contributed by atoms with E-state index in [2.05, 4.69) is 34.9 Å². The predicted octanol–water partition coefficient (Wildman–Crippen LogP) is 4.32. The van der Waals surface area contributed by atoms with E-state index in [9.17, 15) is 19.5 Å². The van der Waals surface area contributed by atoms with Gasteiger partial charge in [-0.15, -0.1) is 0 Å². The standard InChI is InChI=1S/C32H33N3O5/c1-22(29(36)34-32(30(37)38)16-18-35(21-32)19-23-9-3-2-4-10-23)15-17-33-31(39)40-20-28-26-13-7-5-11-24(26)25-12-6-8-14-27(25)28/h2-15,28H,16-21H2,1H3,(H,33,39)(H,34,36)(H,37,38)/b22-15+. The topological polar surface area (TPSA) is 108 Å². The van der Waals surface area contributed by atoms with Crippen molar-refractivity contribution in [1.29, 1.82) is 0 Å². The zero-order valence-electron chi connectivity index (χ0n) is 22.4. The largest absolute Gasteiger partial charge is 0.479 e. The molecule has 1 aliphatic carbocycles. The molecule has 3 aromatic rings. The van der Waals surface area contributed by atoms with Crippen molar-refractivity contribution in [3.05, 3.63) is 107 Å². The molecule has 1 saturated heterocycles. The molecule has 1 unspecified atom stereocenters. The lowest BCUT2D eigenvalue weighted by Crippen LogP contribution is -2.56. The van der Waals surface area contributed by atoms with E-state index < -0.39 is 23.5 Å². The van der Waals surface area contributed by atoms with Crippen LogP contribution in [0, 0.1) is 0 Å². The lowest BCUT2D eigenvalue weighted by atomic mass is 9.98. The van der Waals surface area contributed by atoms with Crippen LogP contribution in [0.2, 0.25) is 0 Å². The highest BCUT2D eigenvalue weighted by atomic mass is 16.5. The number of nitrogens with zero attached hydrogens (tertiary/aromatic N) is 1. The highest BCUT2D eigenvalue weighted by molar-refractivity contribution is 5.97. The van der Waals surface area contributed by atoms with Gasteiger partial charge < -0.3 is 20.5 Å². The molecule has 1 atom stereocenters. The summed E-state index contributed by atoms with van der Waals surface area (Å²) < 4.78 is 5.53. The van der Waals surface area contributed by atoms with Crippen molar-refractivity contribution in [3.8, 4) is 11.1 Å². The van der Waals surface area contributed by atoms with Gasteiger partial charge in [0.05, 0.1) is 0 Å². The highest BCUT2D eigenvalue weighted by Crippen LogP contribution is 2.44. The Morgan fingerprint density at radius 3 is 2.25 bits per heavy atom. The van der Waals surface area contributed by atoms with Gasteiger partial charge in [-0.25, -0.2) is 9.59 Å². The number of carboxylic acids is 1. The van der Waals surface area contributed by atoms with Crippen LogP contribution in [-0.4, -0.2) is 59.8 Å². The normalized spacial score (nSPS) is 18.6. The van der Waals surface area contributed by atoms with Crippen LogP contribution in [0.3, 0.4) is 0 Å². The van der Waals surface area contributed by atoms with Gasteiger partial charge in [0.2, 0.25) is 5.91 Å². The van der Waals surface area contributed by atoms with E-state index in [1.165, 1.54) is 0 Å². The van der Waals surface area contributed by atoms with Crippen molar-refractivity contribution in [2.75, 3.05) is 26.2 Å². The average molecular weight is 540 g/mol. The first-order valence-electron chi connectivity index (χ1n) is 13.4. The molecule has 40 heavy (non-hydrogen) atoms. The summed E-state index contributed by atoms with van der Waals surface area (Å²) >= 11 is 0. The molecule has 5 rings (SSSR count). The van der Waals surface area contributed by atoms with Gasteiger partial charge in [0.15, 0.2) is 5.54 Å². The molecule has 1 fully saturated rings. The minimum atomic E-state index is -1.36. The van der Waals surface area contributed by atoms with Crippen LogP contribution in [0.15, 0.2) is 90.5 Å². The summed E-state index contributed by atoms with van der Waals surface area (Å²) in [6, 6.07) is 26.1. The molecule has 0 radical (unpaired) electrons. The van der Waals surface area contributed by atoms with E-state index in [0.29, 0.717) is 25.1 Å². The fourth-order valence-corrected chi connectivity index (χ4v) is 5.54. The number of carbonyl (C=O) groups excluding carboxylic acids is 2. The van der Waals surface area contributed by atoms with Crippen LogP contribution in [-0.2, 0) is 20.9 Å². The molecule has 0 bridgehead atoms. The van der Waals surface area contributed by atoms with Crippen molar-refractivity contribution >= 4 is 18.0 Å². The third-order valence-electron chi connectivity index (χ3n) is 7.72. The second-order valence-corrected chi connectivity index (χ2v) is 10.4. The molecule has 8 nitrogen and oxygen atoms in total. The van der Waals surface area contributed by atoms with E-state index in [4.69, 9.17) is 4.74 Å². The Balaban J connectivity index is 1.12. The first-order chi connectivity index (χ1) is 19.4. The molecule has 8 heteroatoms. The summed E-state index contributed by atoms with van der Waals surface area (Å²) in [6.07, 6.45) is 1.29. The Kier molecular flexibility index (Phi) is 7.98. The van der Waals surface area contributed by atoms with Gasteiger partial charge in [-0.05, 0) is 41.2 Å². The van der Waals surface area contributed by atoms with Gasteiger partial charge in [-0.1, -0.05) is 84.9 Å². The van der Waals surface area contributed by atoms with Gasteiger partial charge in [0.1, 0.15) is 6.61 Å². The summed E-state index contributed by atoms with van der Waals surface area (Å²) in [5.74, 6) is -1.57. The van der Waals surface area contributed by atoms with Crippen LogP contribution in [0.5, 0.6) is 0 Å². The van der Waals surface area contributed by atoms with Crippen LogP contribution >= 0.6 is 0 Å². The fraction of sp³-hybridized carbons (Fsp3) is 0.281. The summed E-state index contributed by atoms with van der Waals surface area (Å²) in [5, 5.41) is 15.4. The molecule has 206 valence electrons. The highest BCUT2D eigenvalue weighted by Gasteiger charge is 2.46. The number of hydrogen-bond donors (Lipinski definition) is 3. The van der Waals surface area contributed by atoms with E-state index >= 15 is 0 Å². The fourth-order valence-electron chi connectivity index (χ4n) is 5.54. The molecule has 3 aromatic carbocycles. The van der Waals surface area contributed by atoms with Gasteiger partial charge >= 0.3 is 12.1 Å². The predicted molar refractivity (Wildman–Crippen MR) is 152 cm³/mol. The van der Waals surface area contributed by atoms with E-state index in [1.807, 2.05) is 59.5 Å². The van der Waals surface area contributed by atoms with Crippen molar-refractivity contribution in [2.45, 2.75) is 31.3 Å². The number of alkyl carbamates (subject to hydrolysis) is 1. The number of ether oxygens (including phenoxy) is 1.